The molecule has 1 rings (SSSR count). The number of esters is 1. The number of hydrogen-bond donors (Lipinski definition) is 0. The molecule has 102 valence electrons. The number of aromatic nitrogens is 3. The van der Waals surface area contributed by atoms with Crippen LogP contribution in [0.3, 0.4) is 0 Å². The monoisotopic (exact) mass is 255 g/mol. The molecule has 0 bridgehead atoms. The zero-order valence-electron chi connectivity index (χ0n) is 11.3. The molecule has 18 heavy (non-hydrogen) atoms. The SMILES string of the molecule is CCCCOCCn1nnc(C(=O)OCC)c1C. The van der Waals surface area contributed by atoms with Crippen LogP contribution < -0.4 is 0 Å². The Bertz CT molecular complexity index is 377. The van der Waals surface area contributed by atoms with E-state index in [2.05, 4.69) is 17.2 Å². The first-order valence-corrected chi connectivity index (χ1v) is 6.35. The van der Waals surface area contributed by atoms with Crippen LogP contribution in [0.1, 0.15) is 42.9 Å². The fourth-order valence-corrected chi connectivity index (χ4v) is 1.46. The van der Waals surface area contributed by atoms with E-state index in [-0.39, 0.29) is 5.69 Å². The minimum Gasteiger partial charge on any atom is -0.461 e. The van der Waals surface area contributed by atoms with Gasteiger partial charge in [-0.05, 0) is 20.3 Å². The lowest BCUT2D eigenvalue weighted by Crippen LogP contribution is -2.11. The summed E-state index contributed by atoms with van der Waals surface area (Å²) in [7, 11) is 0. The maximum Gasteiger partial charge on any atom is 0.360 e. The fourth-order valence-electron chi connectivity index (χ4n) is 1.46. The molecule has 1 aromatic rings. The summed E-state index contributed by atoms with van der Waals surface area (Å²) >= 11 is 0. The van der Waals surface area contributed by atoms with Crippen molar-refractivity contribution in [3.8, 4) is 0 Å². The van der Waals surface area contributed by atoms with Crippen LogP contribution in [-0.2, 0) is 16.0 Å². The van der Waals surface area contributed by atoms with Crippen molar-refractivity contribution in [2.45, 2.75) is 40.2 Å². The van der Waals surface area contributed by atoms with Gasteiger partial charge in [0.1, 0.15) is 0 Å². The average molecular weight is 255 g/mol. The van der Waals surface area contributed by atoms with E-state index in [9.17, 15) is 4.79 Å². The van der Waals surface area contributed by atoms with Crippen molar-refractivity contribution >= 4 is 5.97 Å². The largest absolute Gasteiger partial charge is 0.461 e. The second-order valence-electron chi connectivity index (χ2n) is 3.93. The molecule has 0 saturated heterocycles. The van der Waals surface area contributed by atoms with E-state index >= 15 is 0 Å². The Kier molecular flexibility index (Phi) is 6.35. The topological polar surface area (TPSA) is 66.2 Å². The maximum absolute atomic E-state index is 11.5. The molecule has 0 radical (unpaired) electrons. The molecule has 1 heterocycles. The quantitative estimate of drug-likeness (QED) is 0.521. The van der Waals surface area contributed by atoms with Gasteiger partial charge in [-0.2, -0.15) is 0 Å². The minimum absolute atomic E-state index is 0.283. The highest BCUT2D eigenvalue weighted by Crippen LogP contribution is 2.05. The lowest BCUT2D eigenvalue weighted by atomic mass is 10.3. The molecule has 0 aliphatic rings. The Labute approximate surface area is 107 Å². The van der Waals surface area contributed by atoms with Crippen molar-refractivity contribution in [3.63, 3.8) is 0 Å². The molecule has 0 aliphatic carbocycles. The van der Waals surface area contributed by atoms with Crippen molar-refractivity contribution < 1.29 is 14.3 Å². The van der Waals surface area contributed by atoms with Gasteiger partial charge in [-0.1, -0.05) is 18.6 Å². The van der Waals surface area contributed by atoms with Gasteiger partial charge >= 0.3 is 5.97 Å². The molecule has 6 nitrogen and oxygen atoms in total. The molecule has 0 amide bonds. The second kappa shape index (κ2) is 7.81. The summed E-state index contributed by atoms with van der Waals surface area (Å²) in [6.45, 7) is 7.96. The van der Waals surface area contributed by atoms with E-state index in [0.717, 1.165) is 19.4 Å². The average Bonchev–Trinajstić information content (AvgIpc) is 2.71. The van der Waals surface area contributed by atoms with Crippen LogP contribution in [0.2, 0.25) is 0 Å². The van der Waals surface area contributed by atoms with Crippen molar-refractivity contribution in [3.05, 3.63) is 11.4 Å². The third-order valence-electron chi connectivity index (χ3n) is 2.54. The number of rotatable bonds is 8. The number of ether oxygens (including phenoxy) is 2. The van der Waals surface area contributed by atoms with E-state index in [1.54, 1.807) is 18.5 Å². The Hall–Kier alpha value is -1.43. The normalized spacial score (nSPS) is 10.6. The molecule has 0 N–H and O–H groups in total. The van der Waals surface area contributed by atoms with Crippen LogP contribution in [0, 0.1) is 6.92 Å². The zero-order chi connectivity index (χ0) is 13.4. The fraction of sp³-hybridized carbons (Fsp3) is 0.750. The summed E-state index contributed by atoms with van der Waals surface area (Å²) in [5.41, 5.74) is 0.998. The third kappa shape index (κ3) is 4.10. The molecule has 6 heteroatoms. The Morgan fingerprint density at radius 3 is 2.78 bits per heavy atom. The summed E-state index contributed by atoms with van der Waals surface area (Å²) in [6, 6.07) is 0. The lowest BCUT2D eigenvalue weighted by molar-refractivity contribution is 0.0518. The summed E-state index contributed by atoms with van der Waals surface area (Å²) < 4.78 is 12.0. The number of carbonyl (C=O) groups is 1. The molecule has 0 aliphatic heterocycles. The smallest absolute Gasteiger partial charge is 0.360 e. The van der Waals surface area contributed by atoms with E-state index in [4.69, 9.17) is 9.47 Å². The van der Waals surface area contributed by atoms with Gasteiger partial charge in [-0.15, -0.1) is 5.10 Å². The Balaban J connectivity index is 2.45. The van der Waals surface area contributed by atoms with E-state index < -0.39 is 5.97 Å². The molecule has 0 atom stereocenters. The van der Waals surface area contributed by atoms with Gasteiger partial charge < -0.3 is 9.47 Å². The highest BCUT2D eigenvalue weighted by molar-refractivity contribution is 5.88. The highest BCUT2D eigenvalue weighted by Gasteiger charge is 2.16. The van der Waals surface area contributed by atoms with Crippen LogP contribution in [0.4, 0.5) is 0 Å². The number of hydrogen-bond acceptors (Lipinski definition) is 5. The molecule has 0 aromatic carbocycles. The first-order chi connectivity index (χ1) is 8.70. The predicted molar refractivity (Wildman–Crippen MR) is 66.4 cm³/mol. The second-order valence-corrected chi connectivity index (χ2v) is 3.93. The van der Waals surface area contributed by atoms with Crippen LogP contribution in [-0.4, -0.2) is 40.8 Å². The van der Waals surface area contributed by atoms with Crippen molar-refractivity contribution in [2.75, 3.05) is 19.8 Å². The molecule has 0 saturated carbocycles. The summed E-state index contributed by atoms with van der Waals surface area (Å²) in [5.74, 6) is -0.423. The van der Waals surface area contributed by atoms with Crippen molar-refractivity contribution in [1.82, 2.24) is 15.0 Å². The van der Waals surface area contributed by atoms with Crippen LogP contribution in [0.25, 0.3) is 0 Å². The Morgan fingerprint density at radius 1 is 1.33 bits per heavy atom. The highest BCUT2D eigenvalue weighted by atomic mass is 16.5. The van der Waals surface area contributed by atoms with E-state index in [1.165, 1.54) is 0 Å². The summed E-state index contributed by atoms with van der Waals surface area (Å²) in [5, 5.41) is 7.75. The minimum atomic E-state index is -0.423. The van der Waals surface area contributed by atoms with Gasteiger partial charge in [-0.25, -0.2) is 9.48 Å². The van der Waals surface area contributed by atoms with Gasteiger partial charge in [0.2, 0.25) is 0 Å². The standard InChI is InChI=1S/C12H21N3O3/c1-4-6-8-17-9-7-15-10(3)11(13-14-15)12(16)18-5-2/h4-9H2,1-3H3. The molecular weight excluding hydrogens is 234 g/mol. The van der Waals surface area contributed by atoms with E-state index in [0.29, 0.717) is 25.5 Å². The van der Waals surface area contributed by atoms with Gasteiger partial charge in [-0.3, -0.25) is 0 Å². The van der Waals surface area contributed by atoms with Gasteiger partial charge in [0.15, 0.2) is 5.69 Å². The molecule has 1 aromatic heterocycles. The van der Waals surface area contributed by atoms with Gasteiger partial charge in [0.25, 0.3) is 0 Å². The predicted octanol–water partition coefficient (Wildman–Crippen LogP) is 1.58. The number of nitrogens with zero attached hydrogens (tertiary/aromatic N) is 3. The van der Waals surface area contributed by atoms with E-state index in [1.807, 2.05) is 0 Å². The first kappa shape index (κ1) is 14.6. The zero-order valence-corrected chi connectivity index (χ0v) is 11.3. The number of unbranched alkanes of at least 4 members (excludes halogenated alkanes) is 1. The lowest BCUT2D eigenvalue weighted by Gasteiger charge is -2.05. The van der Waals surface area contributed by atoms with Gasteiger partial charge in [0, 0.05) is 6.61 Å². The molecule has 0 spiro atoms. The third-order valence-corrected chi connectivity index (χ3v) is 2.54. The summed E-state index contributed by atoms with van der Waals surface area (Å²) in [6.07, 6.45) is 2.18. The van der Waals surface area contributed by atoms with Gasteiger partial charge in [0.05, 0.1) is 25.5 Å². The maximum atomic E-state index is 11.5. The van der Waals surface area contributed by atoms with Crippen LogP contribution in [0.5, 0.6) is 0 Å². The Morgan fingerprint density at radius 2 is 2.11 bits per heavy atom. The molecule has 0 unspecified atom stereocenters. The first-order valence-electron chi connectivity index (χ1n) is 6.35. The molecule has 0 fully saturated rings. The molecular formula is C12H21N3O3. The van der Waals surface area contributed by atoms with Crippen LogP contribution >= 0.6 is 0 Å². The van der Waals surface area contributed by atoms with Crippen LogP contribution in [0.15, 0.2) is 0 Å². The number of carbonyl (C=O) groups excluding carboxylic acids is 1. The van der Waals surface area contributed by atoms with Crippen molar-refractivity contribution in [2.24, 2.45) is 0 Å². The van der Waals surface area contributed by atoms with Crippen molar-refractivity contribution in [1.29, 1.82) is 0 Å². The summed E-state index contributed by atoms with van der Waals surface area (Å²) in [4.78, 5) is 11.5.